The van der Waals surface area contributed by atoms with Crippen molar-refractivity contribution in [1.82, 2.24) is 4.90 Å². The molecule has 1 nitrogen and oxygen atoms in total. The first-order chi connectivity index (χ1) is 5.66. The van der Waals surface area contributed by atoms with Gasteiger partial charge in [0.25, 0.3) is 0 Å². The minimum Gasteiger partial charge on any atom is -0.294 e. The number of nitrogens with zero attached hydrogens (tertiary/aromatic N) is 1. The molecule has 0 aromatic heterocycles. The van der Waals surface area contributed by atoms with Crippen LogP contribution in [0.4, 0.5) is 0 Å². The zero-order valence-corrected chi connectivity index (χ0v) is 9.53. The Morgan fingerprint density at radius 3 is 2.25 bits per heavy atom. The lowest BCUT2D eigenvalue weighted by Gasteiger charge is -2.42. The van der Waals surface area contributed by atoms with Gasteiger partial charge in [0.15, 0.2) is 0 Å². The van der Waals surface area contributed by atoms with E-state index in [9.17, 15) is 0 Å². The molecule has 1 aliphatic rings. The molecule has 12 heavy (non-hydrogen) atoms. The molecule has 0 saturated carbocycles. The van der Waals surface area contributed by atoms with Crippen molar-refractivity contribution in [3.05, 3.63) is 0 Å². The Labute approximate surface area is 80.9 Å². The largest absolute Gasteiger partial charge is 0.294 e. The number of hydrogen-bond donors (Lipinski definition) is 0. The lowest BCUT2D eigenvalue weighted by molar-refractivity contribution is 0.119. The van der Waals surface area contributed by atoms with Gasteiger partial charge in [0.05, 0.1) is 0 Å². The van der Waals surface area contributed by atoms with Crippen LogP contribution in [0.15, 0.2) is 0 Å². The minimum absolute atomic E-state index is 0.760. The van der Waals surface area contributed by atoms with Crippen molar-refractivity contribution in [2.45, 2.75) is 52.2 Å². The summed E-state index contributed by atoms with van der Waals surface area (Å²) in [4.78, 5) is 2.68. The average molecular weight is 187 g/mol. The number of hydrogen-bond acceptors (Lipinski definition) is 2. The highest BCUT2D eigenvalue weighted by molar-refractivity contribution is 7.99. The highest BCUT2D eigenvalue weighted by Gasteiger charge is 2.27. The van der Waals surface area contributed by atoms with Crippen LogP contribution in [-0.2, 0) is 0 Å². The maximum atomic E-state index is 2.68. The zero-order chi connectivity index (χ0) is 9.14. The molecule has 0 aliphatic carbocycles. The Bertz CT molecular complexity index is 122. The van der Waals surface area contributed by atoms with Crippen LogP contribution < -0.4 is 0 Å². The smallest absolute Gasteiger partial charge is 0.0164 e. The van der Waals surface area contributed by atoms with E-state index in [0.29, 0.717) is 0 Å². The lowest BCUT2D eigenvalue weighted by atomic mass is 10.1. The molecule has 0 radical (unpaired) electrons. The second-order valence-electron chi connectivity index (χ2n) is 3.94. The summed E-state index contributed by atoms with van der Waals surface area (Å²) in [5.74, 6) is 2.63. The maximum Gasteiger partial charge on any atom is 0.0164 e. The van der Waals surface area contributed by atoms with Crippen LogP contribution in [0, 0.1) is 0 Å². The molecule has 1 heterocycles. The SMILES string of the molecule is CCC(C)N1C(C)CSCC1C. The third kappa shape index (κ3) is 2.17. The summed E-state index contributed by atoms with van der Waals surface area (Å²) in [5.41, 5.74) is 0. The molecule has 3 atom stereocenters. The molecule has 1 rings (SSSR count). The van der Waals surface area contributed by atoms with E-state index < -0.39 is 0 Å². The fourth-order valence-corrected chi connectivity index (χ4v) is 3.26. The Kier molecular flexibility index (Phi) is 3.91. The topological polar surface area (TPSA) is 3.24 Å². The van der Waals surface area contributed by atoms with E-state index in [1.54, 1.807) is 0 Å². The van der Waals surface area contributed by atoms with Crippen molar-refractivity contribution >= 4 is 11.8 Å². The van der Waals surface area contributed by atoms with Crippen LogP contribution in [0.3, 0.4) is 0 Å². The lowest BCUT2D eigenvalue weighted by Crippen LogP contribution is -2.50. The highest BCUT2D eigenvalue weighted by Crippen LogP contribution is 2.24. The van der Waals surface area contributed by atoms with Gasteiger partial charge in [-0.2, -0.15) is 11.8 Å². The Balaban J connectivity index is 2.56. The van der Waals surface area contributed by atoms with E-state index in [1.165, 1.54) is 17.9 Å². The first-order valence-corrected chi connectivity index (χ1v) is 6.17. The average Bonchev–Trinajstić information content (AvgIpc) is 2.03. The quantitative estimate of drug-likeness (QED) is 0.654. The van der Waals surface area contributed by atoms with Crippen molar-refractivity contribution in [3.8, 4) is 0 Å². The van der Waals surface area contributed by atoms with Gasteiger partial charge in [0, 0.05) is 29.6 Å². The maximum absolute atomic E-state index is 2.68. The first kappa shape index (κ1) is 10.4. The second-order valence-corrected chi connectivity index (χ2v) is 5.01. The molecule has 0 aromatic carbocycles. The standard InChI is InChI=1S/C10H21NS/c1-5-8(2)11-9(3)6-12-7-10(11)4/h8-10H,5-7H2,1-4H3. The van der Waals surface area contributed by atoms with Crippen molar-refractivity contribution in [1.29, 1.82) is 0 Å². The number of thioether (sulfide) groups is 1. The fourth-order valence-electron chi connectivity index (χ4n) is 2.10. The Morgan fingerprint density at radius 2 is 1.83 bits per heavy atom. The molecule has 3 unspecified atom stereocenters. The summed E-state index contributed by atoms with van der Waals surface area (Å²) in [5, 5.41) is 0. The summed E-state index contributed by atoms with van der Waals surface area (Å²) in [7, 11) is 0. The van der Waals surface area contributed by atoms with E-state index in [0.717, 1.165) is 18.1 Å². The molecule has 1 fully saturated rings. The summed E-state index contributed by atoms with van der Waals surface area (Å²) in [6.07, 6.45) is 1.28. The molecule has 0 N–H and O–H groups in total. The molecule has 0 amide bonds. The third-order valence-electron chi connectivity index (χ3n) is 2.84. The number of rotatable bonds is 2. The third-order valence-corrected chi connectivity index (χ3v) is 4.27. The van der Waals surface area contributed by atoms with Crippen molar-refractivity contribution in [3.63, 3.8) is 0 Å². The van der Waals surface area contributed by atoms with E-state index in [2.05, 4.69) is 44.4 Å². The van der Waals surface area contributed by atoms with Crippen LogP contribution in [0.2, 0.25) is 0 Å². The van der Waals surface area contributed by atoms with Gasteiger partial charge < -0.3 is 0 Å². The molecule has 72 valence electrons. The molecule has 0 aromatic rings. The fraction of sp³-hybridized carbons (Fsp3) is 1.00. The Morgan fingerprint density at radius 1 is 1.33 bits per heavy atom. The monoisotopic (exact) mass is 187 g/mol. The van der Waals surface area contributed by atoms with E-state index in [4.69, 9.17) is 0 Å². The van der Waals surface area contributed by atoms with Gasteiger partial charge in [-0.25, -0.2) is 0 Å². The van der Waals surface area contributed by atoms with Crippen molar-refractivity contribution in [2.24, 2.45) is 0 Å². The van der Waals surface area contributed by atoms with Crippen LogP contribution in [0.25, 0.3) is 0 Å². The van der Waals surface area contributed by atoms with Gasteiger partial charge in [0.2, 0.25) is 0 Å². The van der Waals surface area contributed by atoms with Crippen molar-refractivity contribution in [2.75, 3.05) is 11.5 Å². The second kappa shape index (κ2) is 4.52. The van der Waals surface area contributed by atoms with Gasteiger partial charge in [-0.3, -0.25) is 4.90 Å². The molecular formula is C10H21NS. The predicted octanol–water partition coefficient (Wildman–Crippen LogP) is 2.61. The van der Waals surface area contributed by atoms with Crippen LogP contribution >= 0.6 is 11.8 Å². The van der Waals surface area contributed by atoms with E-state index in [-0.39, 0.29) is 0 Å². The molecule has 2 heteroatoms. The summed E-state index contributed by atoms with van der Waals surface area (Å²) < 4.78 is 0. The van der Waals surface area contributed by atoms with Crippen molar-refractivity contribution < 1.29 is 0 Å². The van der Waals surface area contributed by atoms with Gasteiger partial charge in [0.1, 0.15) is 0 Å². The van der Waals surface area contributed by atoms with E-state index in [1.807, 2.05) is 0 Å². The first-order valence-electron chi connectivity index (χ1n) is 5.02. The van der Waals surface area contributed by atoms with Gasteiger partial charge in [-0.1, -0.05) is 6.92 Å². The summed E-state index contributed by atoms with van der Waals surface area (Å²) in [6.45, 7) is 9.35. The van der Waals surface area contributed by atoms with Gasteiger partial charge in [-0.05, 0) is 27.2 Å². The molecular weight excluding hydrogens is 166 g/mol. The van der Waals surface area contributed by atoms with Crippen LogP contribution in [-0.4, -0.2) is 34.5 Å². The normalized spacial score (nSPS) is 35.0. The van der Waals surface area contributed by atoms with Crippen LogP contribution in [0.1, 0.15) is 34.1 Å². The highest BCUT2D eigenvalue weighted by atomic mass is 32.2. The Hall–Kier alpha value is 0.310. The minimum atomic E-state index is 0.760. The molecule has 1 saturated heterocycles. The summed E-state index contributed by atoms with van der Waals surface area (Å²) >= 11 is 2.10. The zero-order valence-electron chi connectivity index (χ0n) is 8.71. The molecule has 1 aliphatic heterocycles. The van der Waals surface area contributed by atoms with Gasteiger partial charge >= 0.3 is 0 Å². The van der Waals surface area contributed by atoms with Crippen LogP contribution in [0.5, 0.6) is 0 Å². The van der Waals surface area contributed by atoms with E-state index >= 15 is 0 Å². The summed E-state index contributed by atoms with van der Waals surface area (Å²) in [6, 6.07) is 2.30. The van der Waals surface area contributed by atoms with Gasteiger partial charge in [-0.15, -0.1) is 0 Å². The molecule has 0 spiro atoms. The molecule has 0 bridgehead atoms. The predicted molar refractivity (Wildman–Crippen MR) is 57.8 cm³/mol.